The number of piperidine rings is 1. The quantitative estimate of drug-likeness (QED) is 0.493. The molecule has 0 aliphatic carbocycles. The number of likely N-dealkylation sites (tertiary alicyclic amines) is 2. The van der Waals surface area contributed by atoms with E-state index in [9.17, 15) is 9.59 Å². The molecule has 0 bridgehead atoms. The Bertz CT molecular complexity index is 659. The Morgan fingerprint density at radius 2 is 1.52 bits per heavy atom. The van der Waals surface area contributed by atoms with Gasteiger partial charge in [-0.05, 0) is 86.5 Å². The van der Waals surface area contributed by atoms with Crippen LogP contribution in [0.25, 0.3) is 0 Å². The number of carbonyl (C=O) groups excluding carboxylic acids is 2. The normalized spacial score (nSPS) is 25.0. The summed E-state index contributed by atoms with van der Waals surface area (Å²) in [7, 11) is 0. The van der Waals surface area contributed by atoms with Crippen LogP contribution in [-0.2, 0) is 9.47 Å². The zero-order valence-electron chi connectivity index (χ0n) is 20.4. The van der Waals surface area contributed by atoms with Crippen molar-refractivity contribution in [2.45, 2.75) is 116 Å². The van der Waals surface area contributed by atoms with Gasteiger partial charge in [-0.15, -0.1) is 6.58 Å². The van der Waals surface area contributed by atoms with Crippen molar-refractivity contribution < 1.29 is 19.1 Å². The van der Waals surface area contributed by atoms with Gasteiger partial charge in [-0.3, -0.25) is 4.90 Å². The van der Waals surface area contributed by atoms with Crippen molar-refractivity contribution in [1.82, 2.24) is 9.80 Å². The molecular weight excluding hydrogens is 392 g/mol. The van der Waals surface area contributed by atoms with Gasteiger partial charge in [0.05, 0.1) is 12.1 Å². The third kappa shape index (κ3) is 7.89. The maximum absolute atomic E-state index is 13.0. The second-order valence-corrected chi connectivity index (χ2v) is 10.7. The van der Waals surface area contributed by atoms with Gasteiger partial charge in [0.1, 0.15) is 11.2 Å². The summed E-state index contributed by atoms with van der Waals surface area (Å²) in [6.07, 6.45) is 12.2. The smallest absolute Gasteiger partial charge is 0.411 e. The lowest BCUT2D eigenvalue weighted by Crippen LogP contribution is -2.46. The third-order valence-corrected chi connectivity index (χ3v) is 5.59. The summed E-state index contributed by atoms with van der Waals surface area (Å²) in [5.41, 5.74) is -1.05. The van der Waals surface area contributed by atoms with Gasteiger partial charge in [-0.1, -0.05) is 18.2 Å². The number of carbonyl (C=O) groups is 2. The molecule has 0 N–H and O–H groups in total. The molecule has 0 aromatic heterocycles. The van der Waals surface area contributed by atoms with Crippen molar-refractivity contribution >= 4 is 12.2 Å². The second kappa shape index (κ2) is 10.6. The number of amides is 2. The first-order valence-electron chi connectivity index (χ1n) is 11.7. The highest BCUT2D eigenvalue weighted by atomic mass is 16.6. The highest BCUT2D eigenvalue weighted by Crippen LogP contribution is 2.31. The summed E-state index contributed by atoms with van der Waals surface area (Å²) in [6, 6.07) is 0.124. The minimum Gasteiger partial charge on any atom is -0.444 e. The standard InChI is InChI=1S/C25H42N2O4/c1-8-9-12-20-16-17-21(27(20)23(29)31-25(5,6)7)15-14-19-13-10-11-18-26(19)22(28)30-24(2,3)4/h8,14-15,19-21H,1,9-13,16-18H2,2-7H3/b15-14-. The van der Waals surface area contributed by atoms with Gasteiger partial charge in [0.25, 0.3) is 0 Å². The van der Waals surface area contributed by atoms with Crippen LogP contribution in [0.4, 0.5) is 9.59 Å². The second-order valence-electron chi connectivity index (χ2n) is 10.7. The first kappa shape index (κ1) is 25.3. The van der Waals surface area contributed by atoms with Crippen LogP contribution in [0.1, 0.15) is 86.5 Å². The first-order chi connectivity index (χ1) is 14.4. The van der Waals surface area contributed by atoms with E-state index in [2.05, 4.69) is 18.7 Å². The number of hydrogen-bond acceptors (Lipinski definition) is 4. The van der Waals surface area contributed by atoms with Crippen LogP contribution in [0.5, 0.6) is 0 Å². The molecule has 0 saturated carbocycles. The van der Waals surface area contributed by atoms with Gasteiger partial charge in [0, 0.05) is 12.6 Å². The molecule has 0 radical (unpaired) electrons. The fourth-order valence-electron chi connectivity index (χ4n) is 4.25. The summed E-state index contributed by atoms with van der Waals surface area (Å²) in [4.78, 5) is 29.4. The molecule has 2 saturated heterocycles. The van der Waals surface area contributed by atoms with Crippen LogP contribution < -0.4 is 0 Å². The fraction of sp³-hybridized carbons (Fsp3) is 0.760. The molecule has 6 nitrogen and oxygen atoms in total. The summed E-state index contributed by atoms with van der Waals surface area (Å²) in [6.45, 7) is 15.9. The molecule has 0 aromatic carbocycles. The Hall–Kier alpha value is -1.98. The van der Waals surface area contributed by atoms with E-state index < -0.39 is 11.2 Å². The van der Waals surface area contributed by atoms with Crippen molar-refractivity contribution in [3.63, 3.8) is 0 Å². The average Bonchev–Trinajstić information content (AvgIpc) is 3.05. The number of rotatable bonds is 5. The van der Waals surface area contributed by atoms with Crippen molar-refractivity contribution in [3.8, 4) is 0 Å². The van der Waals surface area contributed by atoms with Crippen molar-refractivity contribution in [1.29, 1.82) is 0 Å². The highest BCUT2D eigenvalue weighted by Gasteiger charge is 2.38. The van der Waals surface area contributed by atoms with E-state index in [4.69, 9.17) is 9.47 Å². The monoisotopic (exact) mass is 434 g/mol. The zero-order chi connectivity index (χ0) is 23.2. The number of allylic oxidation sites excluding steroid dienone is 1. The van der Waals surface area contributed by atoms with Gasteiger partial charge >= 0.3 is 12.2 Å². The maximum Gasteiger partial charge on any atom is 0.411 e. The molecule has 3 unspecified atom stereocenters. The molecule has 3 atom stereocenters. The lowest BCUT2D eigenvalue weighted by molar-refractivity contribution is 0.0134. The summed E-state index contributed by atoms with van der Waals surface area (Å²) in [5.74, 6) is 0. The van der Waals surface area contributed by atoms with Crippen LogP contribution in [0.15, 0.2) is 24.8 Å². The molecule has 2 amide bonds. The predicted octanol–water partition coefficient (Wildman–Crippen LogP) is 6.07. The van der Waals surface area contributed by atoms with Gasteiger partial charge in [-0.25, -0.2) is 9.59 Å². The fourth-order valence-corrected chi connectivity index (χ4v) is 4.25. The van der Waals surface area contributed by atoms with Crippen LogP contribution in [0.2, 0.25) is 0 Å². The van der Waals surface area contributed by atoms with Gasteiger partial charge in [0.15, 0.2) is 0 Å². The van der Waals surface area contributed by atoms with E-state index in [0.717, 1.165) is 44.9 Å². The van der Waals surface area contributed by atoms with E-state index in [0.29, 0.717) is 6.54 Å². The molecule has 2 fully saturated rings. The minimum atomic E-state index is -0.534. The SMILES string of the molecule is C=CCCC1CCC(/C=C\C2CCCCN2C(=O)OC(C)(C)C)N1C(=O)OC(C)(C)C. The van der Waals surface area contributed by atoms with E-state index in [1.165, 1.54) is 0 Å². The van der Waals surface area contributed by atoms with Crippen LogP contribution >= 0.6 is 0 Å². The summed E-state index contributed by atoms with van der Waals surface area (Å²) >= 11 is 0. The Morgan fingerprint density at radius 1 is 0.903 bits per heavy atom. The molecule has 31 heavy (non-hydrogen) atoms. The van der Waals surface area contributed by atoms with Gasteiger partial charge in [0.2, 0.25) is 0 Å². The number of nitrogens with zero attached hydrogens (tertiary/aromatic N) is 2. The number of ether oxygens (including phenoxy) is 2. The summed E-state index contributed by atoms with van der Waals surface area (Å²) < 4.78 is 11.3. The third-order valence-electron chi connectivity index (χ3n) is 5.59. The van der Waals surface area contributed by atoms with E-state index in [1.54, 1.807) is 0 Å². The molecule has 0 spiro atoms. The van der Waals surface area contributed by atoms with Crippen LogP contribution in [0.3, 0.4) is 0 Å². The van der Waals surface area contributed by atoms with E-state index in [-0.39, 0.29) is 30.3 Å². The Labute approximate surface area is 188 Å². The summed E-state index contributed by atoms with van der Waals surface area (Å²) in [5, 5.41) is 0. The average molecular weight is 435 g/mol. The molecule has 6 heteroatoms. The van der Waals surface area contributed by atoms with Crippen molar-refractivity contribution in [2.24, 2.45) is 0 Å². The van der Waals surface area contributed by atoms with Crippen molar-refractivity contribution in [3.05, 3.63) is 24.8 Å². The van der Waals surface area contributed by atoms with Crippen LogP contribution in [-0.4, -0.2) is 57.9 Å². The highest BCUT2D eigenvalue weighted by molar-refractivity contribution is 5.70. The first-order valence-corrected chi connectivity index (χ1v) is 11.7. The minimum absolute atomic E-state index is 0.00342. The largest absolute Gasteiger partial charge is 0.444 e. The Balaban J connectivity index is 2.15. The maximum atomic E-state index is 13.0. The van der Waals surface area contributed by atoms with Crippen molar-refractivity contribution in [2.75, 3.05) is 6.54 Å². The Kier molecular flexibility index (Phi) is 8.61. The lowest BCUT2D eigenvalue weighted by Gasteiger charge is -2.36. The number of hydrogen-bond donors (Lipinski definition) is 0. The molecule has 2 rings (SSSR count). The van der Waals surface area contributed by atoms with E-state index >= 15 is 0 Å². The Morgan fingerprint density at radius 3 is 2.13 bits per heavy atom. The lowest BCUT2D eigenvalue weighted by atomic mass is 10.0. The topological polar surface area (TPSA) is 59.1 Å². The van der Waals surface area contributed by atoms with E-state index in [1.807, 2.05) is 57.4 Å². The predicted molar refractivity (Wildman–Crippen MR) is 124 cm³/mol. The molecule has 176 valence electrons. The van der Waals surface area contributed by atoms with Crippen LogP contribution in [0, 0.1) is 0 Å². The molecule has 0 aromatic rings. The molecule has 2 aliphatic rings. The molecular formula is C25H42N2O4. The molecule has 2 heterocycles. The van der Waals surface area contributed by atoms with Gasteiger partial charge in [-0.2, -0.15) is 0 Å². The van der Waals surface area contributed by atoms with Gasteiger partial charge < -0.3 is 14.4 Å². The molecule has 2 aliphatic heterocycles. The zero-order valence-corrected chi connectivity index (χ0v) is 20.4.